The van der Waals surface area contributed by atoms with Crippen LogP contribution in [0.25, 0.3) is 0 Å². The fourth-order valence-electron chi connectivity index (χ4n) is 3.25. The van der Waals surface area contributed by atoms with Crippen molar-refractivity contribution in [1.29, 1.82) is 0 Å². The van der Waals surface area contributed by atoms with Crippen molar-refractivity contribution >= 4 is 29.4 Å². The average molecular weight is 376 g/mol. The molecule has 1 aromatic rings. The highest BCUT2D eigenvalue weighted by Crippen LogP contribution is 2.20. The van der Waals surface area contributed by atoms with Crippen LogP contribution in [0.4, 0.5) is 14.9 Å². The molecule has 1 aromatic carbocycles. The minimum absolute atomic E-state index is 0.148. The zero-order valence-electron chi connectivity index (χ0n) is 15.1. The highest BCUT2D eigenvalue weighted by Gasteiger charge is 2.45. The van der Waals surface area contributed by atoms with Gasteiger partial charge in [0.2, 0.25) is 5.91 Å². The molecule has 2 fully saturated rings. The fourth-order valence-corrected chi connectivity index (χ4v) is 3.25. The summed E-state index contributed by atoms with van der Waals surface area (Å²) >= 11 is 0. The van der Waals surface area contributed by atoms with Gasteiger partial charge < -0.3 is 9.80 Å². The fraction of sp³-hybridized carbons (Fsp3) is 0.444. The first kappa shape index (κ1) is 18.8. The second-order valence-electron chi connectivity index (χ2n) is 6.45. The van der Waals surface area contributed by atoms with Crippen LogP contribution < -0.4 is 4.90 Å². The van der Waals surface area contributed by atoms with E-state index in [0.717, 1.165) is 4.90 Å². The van der Waals surface area contributed by atoms with Crippen molar-refractivity contribution in [3.05, 3.63) is 30.1 Å². The number of amides is 5. The largest absolute Gasteiger partial charge is 0.366 e. The molecule has 0 aliphatic carbocycles. The Morgan fingerprint density at radius 1 is 1.00 bits per heavy atom. The van der Waals surface area contributed by atoms with Gasteiger partial charge in [-0.1, -0.05) is 19.1 Å². The van der Waals surface area contributed by atoms with E-state index >= 15 is 0 Å². The van der Waals surface area contributed by atoms with E-state index in [2.05, 4.69) is 0 Å². The Labute approximate surface area is 156 Å². The van der Waals surface area contributed by atoms with Crippen molar-refractivity contribution < 1.29 is 23.6 Å². The van der Waals surface area contributed by atoms with Crippen molar-refractivity contribution in [3.8, 4) is 0 Å². The number of piperazine rings is 1. The lowest BCUT2D eigenvalue weighted by Crippen LogP contribution is -2.52. The summed E-state index contributed by atoms with van der Waals surface area (Å²) in [5.41, 5.74) is 0.482. The minimum atomic E-state index is -0.966. The van der Waals surface area contributed by atoms with Gasteiger partial charge in [-0.15, -0.1) is 0 Å². The number of benzene rings is 1. The van der Waals surface area contributed by atoms with E-state index in [1.54, 1.807) is 25.1 Å². The molecule has 27 heavy (non-hydrogen) atoms. The van der Waals surface area contributed by atoms with Crippen LogP contribution in [-0.2, 0) is 14.4 Å². The second kappa shape index (κ2) is 7.73. The molecule has 5 amide bonds. The summed E-state index contributed by atoms with van der Waals surface area (Å²) in [7, 11) is 0. The van der Waals surface area contributed by atoms with E-state index in [9.17, 15) is 23.6 Å². The van der Waals surface area contributed by atoms with Gasteiger partial charge in [-0.25, -0.2) is 14.1 Å². The molecule has 2 saturated heterocycles. The number of carbonyl (C=O) groups excluding carboxylic acids is 4. The van der Waals surface area contributed by atoms with Gasteiger partial charge >= 0.3 is 17.8 Å². The summed E-state index contributed by atoms with van der Waals surface area (Å²) in [6.07, 6.45) is 0.532. The Balaban J connectivity index is 1.59. The molecule has 2 heterocycles. The van der Waals surface area contributed by atoms with Crippen LogP contribution in [0.15, 0.2) is 24.3 Å². The molecule has 144 valence electrons. The molecule has 0 unspecified atom stereocenters. The lowest BCUT2D eigenvalue weighted by Gasteiger charge is -2.36. The van der Waals surface area contributed by atoms with Crippen molar-refractivity contribution in [3.63, 3.8) is 0 Å². The van der Waals surface area contributed by atoms with Gasteiger partial charge in [-0.05, 0) is 18.6 Å². The number of rotatable bonds is 5. The summed E-state index contributed by atoms with van der Waals surface area (Å²) in [5.74, 6) is -2.58. The van der Waals surface area contributed by atoms with E-state index in [1.165, 1.54) is 11.0 Å². The number of halogens is 1. The molecule has 0 N–H and O–H groups in total. The van der Waals surface area contributed by atoms with Gasteiger partial charge in [0, 0.05) is 32.7 Å². The maximum Gasteiger partial charge on any atom is 0.334 e. The van der Waals surface area contributed by atoms with Gasteiger partial charge in [0.15, 0.2) is 0 Å². The van der Waals surface area contributed by atoms with Crippen LogP contribution >= 0.6 is 0 Å². The Bertz CT molecular complexity index is 776. The number of imide groups is 2. The Morgan fingerprint density at radius 2 is 1.63 bits per heavy atom. The quantitative estimate of drug-likeness (QED) is 0.558. The van der Waals surface area contributed by atoms with Crippen molar-refractivity contribution in [2.24, 2.45) is 0 Å². The average Bonchev–Trinajstić information content (AvgIpc) is 2.87. The predicted octanol–water partition coefficient (Wildman–Crippen LogP) is 0.675. The summed E-state index contributed by atoms with van der Waals surface area (Å²) in [5, 5.41) is 0. The number of hydrogen-bond acceptors (Lipinski definition) is 5. The predicted molar refractivity (Wildman–Crippen MR) is 94.3 cm³/mol. The molecule has 0 atom stereocenters. The number of nitrogens with zero attached hydrogens (tertiary/aromatic N) is 4. The Hall–Kier alpha value is -2.97. The molecule has 9 heteroatoms. The van der Waals surface area contributed by atoms with Crippen molar-refractivity contribution in [2.75, 3.05) is 44.2 Å². The zero-order valence-corrected chi connectivity index (χ0v) is 15.1. The summed E-state index contributed by atoms with van der Waals surface area (Å²) in [6.45, 7) is 3.05. The number of urea groups is 1. The number of para-hydroxylation sites is 1. The molecule has 8 nitrogen and oxygen atoms in total. The van der Waals surface area contributed by atoms with Crippen molar-refractivity contribution in [2.45, 2.75) is 13.3 Å². The lowest BCUT2D eigenvalue weighted by atomic mass is 10.2. The normalized spacial score (nSPS) is 17.9. The summed E-state index contributed by atoms with van der Waals surface area (Å²) in [4.78, 5) is 53.5. The molecule has 0 saturated carbocycles. The molecule has 0 radical (unpaired) electrons. The zero-order chi connectivity index (χ0) is 19.6. The van der Waals surface area contributed by atoms with E-state index in [-0.39, 0.29) is 12.4 Å². The molecule has 2 aliphatic rings. The summed E-state index contributed by atoms with van der Waals surface area (Å²) < 4.78 is 13.9. The van der Waals surface area contributed by atoms with Crippen LogP contribution in [0, 0.1) is 5.82 Å². The summed E-state index contributed by atoms with van der Waals surface area (Å²) in [6, 6.07) is 5.69. The van der Waals surface area contributed by atoms with Gasteiger partial charge in [0.1, 0.15) is 12.4 Å². The number of anilines is 1. The third-order valence-corrected chi connectivity index (χ3v) is 4.70. The van der Waals surface area contributed by atoms with Crippen LogP contribution in [0.5, 0.6) is 0 Å². The van der Waals surface area contributed by atoms with E-state index in [0.29, 0.717) is 43.2 Å². The van der Waals surface area contributed by atoms with Crippen LogP contribution in [0.3, 0.4) is 0 Å². The first-order chi connectivity index (χ1) is 12.9. The monoisotopic (exact) mass is 376 g/mol. The van der Waals surface area contributed by atoms with E-state index < -0.39 is 30.3 Å². The number of carbonyl (C=O) groups is 4. The molecule has 0 aromatic heterocycles. The molecule has 2 aliphatic heterocycles. The SMILES string of the molecule is CCCN1C(=O)C(=O)N(CC(=O)N2CCN(c3ccccc3F)CC2)C1=O. The maximum absolute atomic E-state index is 13.9. The highest BCUT2D eigenvalue weighted by atomic mass is 19.1. The maximum atomic E-state index is 13.9. The van der Waals surface area contributed by atoms with Crippen LogP contribution in [0.1, 0.15) is 13.3 Å². The van der Waals surface area contributed by atoms with Gasteiger partial charge in [0.25, 0.3) is 0 Å². The Kier molecular flexibility index (Phi) is 5.38. The number of hydrogen-bond donors (Lipinski definition) is 0. The standard InChI is InChI=1S/C18H21FN4O4/c1-2-7-22-16(25)17(26)23(18(22)27)12-15(24)21-10-8-20(9-11-21)14-6-4-3-5-13(14)19/h3-6H,2,7-12H2,1H3. The van der Waals surface area contributed by atoms with E-state index in [1.807, 2.05) is 4.90 Å². The lowest BCUT2D eigenvalue weighted by molar-refractivity contribution is -0.145. The van der Waals surface area contributed by atoms with Crippen LogP contribution in [0.2, 0.25) is 0 Å². The Morgan fingerprint density at radius 3 is 2.26 bits per heavy atom. The first-order valence-corrected chi connectivity index (χ1v) is 8.88. The highest BCUT2D eigenvalue weighted by molar-refractivity contribution is 6.45. The molecular formula is C18H21FN4O4. The van der Waals surface area contributed by atoms with Gasteiger partial charge in [-0.2, -0.15) is 0 Å². The molecule has 0 spiro atoms. The van der Waals surface area contributed by atoms with E-state index in [4.69, 9.17) is 0 Å². The third-order valence-electron chi connectivity index (χ3n) is 4.70. The van der Waals surface area contributed by atoms with Gasteiger partial charge in [-0.3, -0.25) is 19.3 Å². The van der Waals surface area contributed by atoms with Crippen LogP contribution in [-0.4, -0.2) is 77.7 Å². The third kappa shape index (κ3) is 3.62. The molecule has 0 bridgehead atoms. The molecule has 3 rings (SSSR count). The van der Waals surface area contributed by atoms with Crippen molar-refractivity contribution in [1.82, 2.24) is 14.7 Å². The topological polar surface area (TPSA) is 81.2 Å². The molecular weight excluding hydrogens is 355 g/mol. The first-order valence-electron chi connectivity index (χ1n) is 8.88. The van der Waals surface area contributed by atoms with Gasteiger partial charge in [0.05, 0.1) is 5.69 Å². The smallest absolute Gasteiger partial charge is 0.334 e. The second-order valence-corrected chi connectivity index (χ2v) is 6.45. The minimum Gasteiger partial charge on any atom is -0.366 e.